The summed E-state index contributed by atoms with van der Waals surface area (Å²) in [5.74, 6) is -1.63. The monoisotopic (exact) mass is 849 g/mol. The number of amides is 4. The van der Waals surface area contributed by atoms with Crippen LogP contribution >= 0.6 is 0 Å². The summed E-state index contributed by atoms with van der Waals surface area (Å²) in [5, 5.41) is 20.0. The van der Waals surface area contributed by atoms with Crippen molar-refractivity contribution in [3.8, 4) is 0 Å². The minimum Gasteiger partial charge on any atom is -0.429 e. The van der Waals surface area contributed by atoms with Crippen LogP contribution in [0.3, 0.4) is 0 Å². The van der Waals surface area contributed by atoms with Crippen LogP contribution in [0.4, 0.5) is 15.3 Å². The van der Waals surface area contributed by atoms with Crippen LogP contribution in [0.2, 0.25) is 0 Å². The van der Waals surface area contributed by atoms with E-state index >= 15 is 0 Å². The molecule has 1 aromatic rings. The molecule has 6 rings (SSSR count). The van der Waals surface area contributed by atoms with Crippen molar-refractivity contribution < 1.29 is 52.8 Å². The minimum absolute atomic E-state index is 0.0218. The summed E-state index contributed by atoms with van der Waals surface area (Å²) in [6, 6.07) is 4.22. The SMILES string of the molecule is CCCC1O[C@@H]2C[C@H]3[C@@H]4CCC5=CC(=O)C=C[C@]5(C)[C@H]4[C@@H](O)C[C@]3(C)[C@]2(C(=O)COC(=O)OCc2ccc(NC(=O)[C@H](CCCCNC(N)=O)NC(=O)[C@@H](N)C(C)C)cc2)O1. The van der Waals surface area contributed by atoms with E-state index in [-0.39, 0.29) is 42.5 Å². The molecule has 0 bridgehead atoms. The molecule has 4 fully saturated rings. The summed E-state index contributed by atoms with van der Waals surface area (Å²) in [7, 11) is 0. The van der Waals surface area contributed by atoms with E-state index in [2.05, 4.69) is 22.9 Å². The average molecular weight is 850 g/mol. The Morgan fingerprint density at radius 3 is 2.48 bits per heavy atom. The Morgan fingerprint density at radius 2 is 1.79 bits per heavy atom. The van der Waals surface area contributed by atoms with Gasteiger partial charge in [0.15, 0.2) is 24.3 Å². The van der Waals surface area contributed by atoms with E-state index in [0.29, 0.717) is 49.9 Å². The molecule has 1 heterocycles. The van der Waals surface area contributed by atoms with Crippen molar-refractivity contribution in [3.05, 3.63) is 53.6 Å². The smallest absolute Gasteiger partial charge is 0.429 e. The molecule has 0 radical (unpaired) electrons. The van der Waals surface area contributed by atoms with Gasteiger partial charge >= 0.3 is 12.2 Å². The lowest BCUT2D eigenvalue weighted by Crippen LogP contribution is -2.63. The molecule has 61 heavy (non-hydrogen) atoms. The number of allylic oxidation sites excluding steroid dienone is 4. The van der Waals surface area contributed by atoms with E-state index < -0.39 is 83.4 Å². The second-order valence-electron chi connectivity index (χ2n) is 18.2. The number of anilines is 1. The molecule has 4 amide bonds. The molecule has 8 N–H and O–H groups in total. The summed E-state index contributed by atoms with van der Waals surface area (Å²) in [5.41, 5.74) is 10.5. The van der Waals surface area contributed by atoms with Gasteiger partial charge in [0.25, 0.3) is 0 Å². The average Bonchev–Trinajstić information content (AvgIpc) is 3.70. The van der Waals surface area contributed by atoms with E-state index in [9.17, 15) is 33.9 Å². The molecule has 1 aromatic carbocycles. The number of aliphatic hydroxyl groups is 1. The number of primary amides is 1. The number of hydrogen-bond acceptors (Lipinski definition) is 12. The molecule has 16 heteroatoms. The van der Waals surface area contributed by atoms with E-state index in [4.69, 9.17) is 30.4 Å². The van der Waals surface area contributed by atoms with Crippen LogP contribution in [0.5, 0.6) is 0 Å². The maximum atomic E-state index is 14.5. The quantitative estimate of drug-likeness (QED) is 0.0948. The van der Waals surface area contributed by atoms with Gasteiger partial charge in [-0.1, -0.05) is 64.8 Å². The number of rotatable bonds is 17. The number of carbonyl (C=O) groups is 6. The molecule has 1 saturated heterocycles. The van der Waals surface area contributed by atoms with Crippen LogP contribution in [0.1, 0.15) is 98.0 Å². The van der Waals surface area contributed by atoms with Crippen molar-refractivity contribution in [2.75, 3.05) is 18.5 Å². The summed E-state index contributed by atoms with van der Waals surface area (Å²) < 4.78 is 23.9. The van der Waals surface area contributed by atoms with Crippen LogP contribution in [-0.4, -0.2) is 90.0 Å². The molecule has 11 atom stereocenters. The Bertz CT molecular complexity index is 1900. The normalized spacial score (nSPS) is 32.0. The molecule has 0 spiro atoms. The van der Waals surface area contributed by atoms with Crippen LogP contribution in [0, 0.1) is 34.5 Å². The predicted octanol–water partition coefficient (Wildman–Crippen LogP) is 4.32. The molecule has 3 saturated carbocycles. The number of carbonyl (C=O) groups excluding carboxylic acids is 6. The number of aliphatic hydroxyl groups excluding tert-OH is 1. The lowest BCUT2D eigenvalue weighted by atomic mass is 9.46. The van der Waals surface area contributed by atoms with Crippen molar-refractivity contribution in [3.63, 3.8) is 0 Å². The van der Waals surface area contributed by atoms with Crippen LogP contribution in [-0.2, 0) is 44.7 Å². The Hall–Kier alpha value is -4.64. The zero-order valence-corrected chi connectivity index (χ0v) is 35.9. The summed E-state index contributed by atoms with van der Waals surface area (Å²) in [6.45, 7) is 9.28. The molecule has 1 unspecified atom stereocenters. The van der Waals surface area contributed by atoms with E-state index in [1.54, 1.807) is 36.4 Å². The third-order valence-corrected chi connectivity index (χ3v) is 14.0. The first-order valence-corrected chi connectivity index (χ1v) is 21.7. The third kappa shape index (κ3) is 9.28. The van der Waals surface area contributed by atoms with Gasteiger partial charge in [-0.2, -0.15) is 0 Å². The number of Topliss-reactive ketones (excluding diaryl/α,β-unsaturated/α-hetero) is 1. The highest BCUT2D eigenvalue weighted by Gasteiger charge is 2.76. The topological polar surface area (TPSA) is 248 Å². The summed E-state index contributed by atoms with van der Waals surface area (Å²) in [6.07, 6.45) is 7.28. The number of fused-ring (bicyclic) bond motifs is 7. The fourth-order valence-electron chi connectivity index (χ4n) is 10.9. The van der Waals surface area contributed by atoms with Gasteiger partial charge < -0.3 is 51.5 Å². The number of ketones is 2. The minimum atomic E-state index is -1.44. The molecular weight excluding hydrogens is 787 g/mol. The standard InChI is InChI=1S/C45H63N5O11/c1-6-9-36-60-35-21-31-30-16-13-27-20-29(51)17-18-43(27,4)37(30)33(52)22-44(31,5)45(35,61-36)34(53)24-59-42(57)58-23-26-11-14-28(15-12-26)49-39(54)32(10-7-8-19-48-41(47)56)50-40(55)38(46)25(2)3/h11-12,14-15,17-18,20,25,30-33,35-38,52H,6-10,13,16,19,21-24,46H2,1-5H3,(H,49,54)(H,50,55)(H3,47,48,56)/t30-,31-,32-,33-,35+,36?,37+,38-,43-,44-,45+/m0/s1. The Balaban J connectivity index is 1.06. The summed E-state index contributed by atoms with van der Waals surface area (Å²) >= 11 is 0. The maximum absolute atomic E-state index is 14.5. The number of benzene rings is 1. The molecule has 334 valence electrons. The number of nitrogens with two attached hydrogens (primary N) is 2. The van der Waals surface area contributed by atoms with Gasteiger partial charge in [0.1, 0.15) is 12.6 Å². The number of hydrogen-bond donors (Lipinski definition) is 6. The van der Waals surface area contributed by atoms with Crippen molar-refractivity contribution in [1.82, 2.24) is 10.6 Å². The lowest BCUT2D eigenvalue weighted by molar-refractivity contribution is -0.200. The highest BCUT2D eigenvalue weighted by molar-refractivity contribution is 6.01. The van der Waals surface area contributed by atoms with Gasteiger partial charge in [-0.25, -0.2) is 9.59 Å². The highest BCUT2D eigenvalue weighted by atomic mass is 16.8. The number of unbranched alkanes of at least 4 members (excludes halogenated alkanes) is 1. The van der Waals surface area contributed by atoms with Crippen molar-refractivity contribution in [2.45, 2.75) is 135 Å². The molecule has 5 aliphatic rings. The fraction of sp³-hybridized carbons (Fsp3) is 0.644. The van der Waals surface area contributed by atoms with Gasteiger partial charge in [0.05, 0.1) is 18.2 Å². The molecule has 16 nitrogen and oxygen atoms in total. The van der Waals surface area contributed by atoms with Crippen LogP contribution in [0.15, 0.2) is 48.1 Å². The van der Waals surface area contributed by atoms with Gasteiger partial charge in [0, 0.05) is 29.0 Å². The molecular formula is C45H63N5O11. The maximum Gasteiger partial charge on any atom is 0.509 e. The van der Waals surface area contributed by atoms with Gasteiger partial charge in [0.2, 0.25) is 17.6 Å². The Labute approximate surface area is 357 Å². The van der Waals surface area contributed by atoms with Gasteiger partial charge in [-0.05, 0) is 99.0 Å². The second-order valence-corrected chi connectivity index (χ2v) is 18.2. The van der Waals surface area contributed by atoms with E-state index in [0.717, 1.165) is 24.8 Å². The zero-order valence-electron chi connectivity index (χ0n) is 35.9. The number of urea groups is 1. The van der Waals surface area contributed by atoms with Gasteiger partial charge in [-0.15, -0.1) is 0 Å². The van der Waals surface area contributed by atoms with Crippen molar-refractivity contribution >= 4 is 41.3 Å². The van der Waals surface area contributed by atoms with Gasteiger partial charge in [-0.3, -0.25) is 19.2 Å². The molecule has 4 aliphatic carbocycles. The van der Waals surface area contributed by atoms with E-state index in [1.807, 2.05) is 33.8 Å². The Kier molecular flexibility index (Phi) is 14.1. The van der Waals surface area contributed by atoms with E-state index in [1.165, 1.54) is 0 Å². The van der Waals surface area contributed by atoms with Crippen LogP contribution < -0.4 is 27.4 Å². The first-order valence-electron chi connectivity index (χ1n) is 21.7. The third-order valence-electron chi connectivity index (χ3n) is 14.0. The first kappa shape index (κ1) is 45.9. The van der Waals surface area contributed by atoms with Crippen LogP contribution in [0.25, 0.3) is 0 Å². The van der Waals surface area contributed by atoms with Crippen molar-refractivity contribution in [2.24, 2.45) is 46.0 Å². The van der Waals surface area contributed by atoms with Crippen molar-refractivity contribution in [1.29, 1.82) is 0 Å². The number of nitrogens with one attached hydrogen (secondary N) is 3. The fourth-order valence-corrected chi connectivity index (χ4v) is 10.9. The number of ether oxygens (including phenoxy) is 4. The summed E-state index contributed by atoms with van der Waals surface area (Å²) in [4.78, 5) is 76.7. The zero-order chi connectivity index (χ0) is 44.3. The lowest BCUT2D eigenvalue weighted by Gasteiger charge is -2.59. The molecule has 1 aliphatic heterocycles. The predicted molar refractivity (Wildman–Crippen MR) is 223 cm³/mol. The molecule has 0 aromatic heterocycles. The second kappa shape index (κ2) is 18.8. The highest BCUT2D eigenvalue weighted by Crippen LogP contribution is 2.69. The Morgan fingerprint density at radius 1 is 1.05 bits per heavy atom. The largest absolute Gasteiger partial charge is 0.509 e. The first-order chi connectivity index (χ1) is 28.9.